The Bertz CT molecular complexity index is 257. The summed E-state index contributed by atoms with van der Waals surface area (Å²) in [5, 5.41) is 8.46. The molecule has 0 unspecified atom stereocenters. The molecule has 0 atom stereocenters. The molecule has 0 spiro atoms. The molecule has 0 aliphatic heterocycles. The van der Waals surface area contributed by atoms with Gasteiger partial charge in [0.2, 0.25) is 0 Å². The van der Waals surface area contributed by atoms with Gasteiger partial charge in [-0.2, -0.15) is 5.26 Å². The quantitative estimate of drug-likeness (QED) is 0.680. The molecular weight excluding hydrogens is 227 g/mol. The van der Waals surface area contributed by atoms with E-state index in [4.69, 9.17) is 5.26 Å². The fourth-order valence-corrected chi connectivity index (χ4v) is 1.34. The van der Waals surface area contributed by atoms with Gasteiger partial charge in [0, 0.05) is 5.69 Å². The maximum Gasteiger partial charge on any atom is 0.102 e. The topological polar surface area (TPSA) is 39.6 Å². The van der Waals surface area contributed by atoms with Crippen molar-refractivity contribution < 1.29 is 0 Å². The first kappa shape index (κ1) is 6.62. The zero-order valence-corrected chi connectivity index (χ0v) is 7.06. The van der Waals surface area contributed by atoms with Gasteiger partial charge in [-0.1, -0.05) is 0 Å². The second-order valence-electron chi connectivity index (χ2n) is 1.79. The number of nitrogens with one attached hydrogen (secondary N) is 1. The van der Waals surface area contributed by atoms with Crippen molar-refractivity contribution >= 4 is 22.6 Å². The van der Waals surface area contributed by atoms with E-state index in [0.29, 0.717) is 0 Å². The summed E-state index contributed by atoms with van der Waals surface area (Å²) < 4.78 is 0.924. The number of aromatic amines is 1. The average Bonchev–Trinajstić information content (AvgIpc) is 2.10. The first-order valence-corrected chi connectivity index (χ1v) is 3.57. The molecule has 46 valence electrons. The zero-order valence-electron chi connectivity index (χ0n) is 4.90. The molecule has 0 saturated heterocycles. The Morgan fingerprint density at radius 3 is 2.67 bits per heavy atom. The lowest BCUT2D eigenvalue weighted by atomic mass is 10.3. The SMILES string of the molecule is Cc1cc(C#N)c(I)[nH]1. The van der Waals surface area contributed by atoms with Crippen molar-refractivity contribution in [3.63, 3.8) is 0 Å². The average molecular weight is 232 g/mol. The highest BCUT2D eigenvalue weighted by Crippen LogP contribution is 2.10. The van der Waals surface area contributed by atoms with E-state index in [1.165, 1.54) is 0 Å². The lowest BCUT2D eigenvalue weighted by Gasteiger charge is -1.77. The Hall–Kier alpha value is -0.500. The van der Waals surface area contributed by atoms with Crippen molar-refractivity contribution in [3.8, 4) is 6.07 Å². The number of halogens is 1. The van der Waals surface area contributed by atoms with Gasteiger partial charge in [-0.25, -0.2) is 0 Å². The van der Waals surface area contributed by atoms with Crippen LogP contribution in [0.1, 0.15) is 11.3 Å². The van der Waals surface area contributed by atoms with Crippen LogP contribution in [0.15, 0.2) is 6.07 Å². The van der Waals surface area contributed by atoms with Gasteiger partial charge in [-0.3, -0.25) is 0 Å². The van der Waals surface area contributed by atoms with Crippen LogP contribution in [0.3, 0.4) is 0 Å². The zero-order chi connectivity index (χ0) is 6.85. The fourth-order valence-electron chi connectivity index (χ4n) is 0.638. The van der Waals surface area contributed by atoms with Crippen LogP contribution >= 0.6 is 22.6 Å². The number of aryl methyl sites for hydroxylation is 1. The molecule has 1 aromatic heterocycles. The van der Waals surface area contributed by atoms with E-state index < -0.39 is 0 Å². The van der Waals surface area contributed by atoms with Crippen molar-refractivity contribution in [1.82, 2.24) is 4.98 Å². The maximum absolute atomic E-state index is 8.46. The highest BCUT2D eigenvalue weighted by Gasteiger charge is 1.99. The number of hydrogen-bond acceptors (Lipinski definition) is 1. The van der Waals surface area contributed by atoms with Crippen LogP contribution in [0.4, 0.5) is 0 Å². The van der Waals surface area contributed by atoms with Crippen molar-refractivity contribution in [2.75, 3.05) is 0 Å². The van der Waals surface area contributed by atoms with Crippen LogP contribution in [0, 0.1) is 22.0 Å². The highest BCUT2D eigenvalue weighted by molar-refractivity contribution is 14.1. The standard InChI is InChI=1S/C6H5IN2/c1-4-2-5(3-8)6(7)9-4/h2,9H,1H3. The summed E-state index contributed by atoms with van der Waals surface area (Å²) in [6.45, 7) is 1.93. The minimum atomic E-state index is 0.730. The smallest absolute Gasteiger partial charge is 0.102 e. The first-order valence-electron chi connectivity index (χ1n) is 2.49. The third-order valence-electron chi connectivity index (χ3n) is 1.02. The molecule has 0 aliphatic rings. The predicted molar refractivity (Wildman–Crippen MR) is 43.0 cm³/mol. The number of hydrogen-bond donors (Lipinski definition) is 1. The van der Waals surface area contributed by atoms with Crippen molar-refractivity contribution in [2.45, 2.75) is 6.92 Å². The van der Waals surface area contributed by atoms with Crippen molar-refractivity contribution in [2.24, 2.45) is 0 Å². The molecular formula is C6H5IN2. The number of H-pyrrole nitrogens is 1. The van der Waals surface area contributed by atoms with Crippen LogP contribution in [0.5, 0.6) is 0 Å². The Balaban J connectivity index is 3.20. The van der Waals surface area contributed by atoms with Crippen molar-refractivity contribution in [3.05, 3.63) is 21.0 Å². The molecule has 0 amide bonds. The molecule has 1 N–H and O–H groups in total. The van der Waals surface area contributed by atoms with Gasteiger partial charge >= 0.3 is 0 Å². The Morgan fingerprint density at radius 1 is 1.78 bits per heavy atom. The molecule has 0 bridgehead atoms. The molecule has 1 rings (SSSR count). The van der Waals surface area contributed by atoms with E-state index in [2.05, 4.69) is 33.6 Å². The molecule has 9 heavy (non-hydrogen) atoms. The van der Waals surface area contributed by atoms with E-state index in [1.807, 2.05) is 13.0 Å². The van der Waals surface area contributed by atoms with E-state index in [-0.39, 0.29) is 0 Å². The maximum atomic E-state index is 8.46. The molecule has 2 nitrogen and oxygen atoms in total. The number of nitriles is 1. The minimum Gasteiger partial charge on any atom is -0.353 e. The van der Waals surface area contributed by atoms with Gasteiger partial charge in [-0.05, 0) is 35.6 Å². The number of rotatable bonds is 0. The highest BCUT2D eigenvalue weighted by atomic mass is 127. The number of aromatic nitrogens is 1. The summed E-state index contributed by atoms with van der Waals surface area (Å²) in [5.74, 6) is 0. The molecule has 0 saturated carbocycles. The summed E-state index contributed by atoms with van der Waals surface area (Å²) in [6, 6.07) is 3.91. The van der Waals surface area contributed by atoms with E-state index in [0.717, 1.165) is 15.0 Å². The Labute approximate surface area is 67.0 Å². The molecule has 1 aromatic rings. The largest absolute Gasteiger partial charge is 0.353 e. The van der Waals surface area contributed by atoms with Gasteiger partial charge in [0.25, 0.3) is 0 Å². The van der Waals surface area contributed by atoms with Gasteiger partial charge < -0.3 is 4.98 Å². The normalized spacial score (nSPS) is 9.00. The molecule has 0 radical (unpaired) electrons. The summed E-state index contributed by atoms with van der Waals surface area (Å²) in [7, 11) is 0. The van der Waals surface area contributed by atoms with Crippen LogP contribution in [-0.2, 0) is 0 Å². The van der Waals surface area contributed by atoms with Crippen LogP contribution in [0.25, 0.3) is 0 Å². The second-order valence-corrected chi connectivity index (χ2v) is 2.87. The molecule has 3 heteroatoms. The lowest BCUT2D eigenvalue weighted by molar-refractivity contribution is 1.23. The van der Waals surface area contributed by atoms with E-state index >= 15 is 0 Å². The van der Waals surface area contributed by atoms with Crippen LogP contribution < -0.4 is 0 Å². The first-order chi connectivity index (χ1) is 4.24. The Morgan fingerprint density at radius 2 is 2.44 bits per heavy atom. The van der Waals surface area contributed by atoms with Gasteiger partial charge in [0.1, 0.15) is 6.07 Å². The molecule has 0 aromatic carbocycles. The van der Waals surface area contributed by atoms with E-state index in [1.54, 1.807) is 0 Å². The monoisotopic (exact) mass is 232 g/mol. The number of nitrogens with zero attached hydrogens (tertiary/aromatic N) is 1. The predicted octanol–water partition coefficient (Wildman–Crippen LogP) is 1.80. The molecule has 0 fully saturated rings. The van der Waals surface area contributed by atoms with Gasteiger partial charge in [0.05, 0.1) is 9.26 Å². The summed E-state index contributed by atoms with van der Waals surface area (Å²) in [4.78, 5) is 3.02. The summed E-state index contributed by atoms with van der Waals surface area (Å²) in [6.07, 6.45) is 0. The van der Waals surface area contributed by atoms with Gasteiger partial charge in [-0.15, -0.1) is 0 Å². The second kappa shape index (κ2) is 2.40. The minimum absolute atomic E-state index is 0.730. The van der Waals surface area contributed by atoms with Gasteiger partial charge in [0.15, 0.2) is 0 Å². The van der Waals surface area contributed by atoms with Crippen LogP contribution in [-0.4, -0.2) is 4.98 Å². The third kappa shape index (κ3) is 1.24. The third-order valence-corrected chi connectivity index (χ3v) is 1.88. The van der Waals surface area contributed by atoms with Crippen LogP contribution in [0.2, 0.25) is 0 Å². The molecule has 1 heterocycles. The summed E-state index contributed by atoms with van der Waals surface area (Å²) >= 11 is 2.10. The summed E-state index contributed by atoms with van der Waals surface area (Å²) in [5.41, 5.74) is 1.77. The lowest BCUT2D eigenvalue weighted by Crippen LogP contribution is -1.71. The molecule has 0 aliphatic carbocycles. The van der Waals surface area contributed by atoms with Crippen molar-refractivity contribution in [1.29, 1.82) is 5.26 Å². The van der Waals surface area contributed by atoms with E-state index in [9.17, 15) is 0 Å². The Kier molecular flexibility index (Phi) is 1.76. The fraction of sp³-hybridized carbons (Fsp3) is 0.167.